The molecule has 1 saturated carbocycles. The van der Waals surface area contributed by atoms with Crippen molar-refractivity contribution in [3.8, 4) is 11.5 Å². The van der Waals surface area contributed by atoms with Gasteiger partial charge >= 0.3 is 10.3 Å². The molecular formula is C25H26N4O4S3. The zero-order valence-electron chi connectivity index (χ0n) is 19.6. The predicted octanol–water partition coefficient (Wildman–Crippen LogP) is 5.05. The molecule has 1 atom stereocenters. The van der Waals surface area contributed by atoms with Crippen molar-refractivity contribution in [1.29, 1.82) is 0 Å². The SMILES string of the molecule is COc1cccc(Cc2csc(NC(Cc3ccc(OS(N)(=O)=O)cc3)c3csc(C4CC4)n3)n2)c1. The molecule has 2 heterocycles. The third-order valence-electron chi connectivity index (χ3n) is 5.77. The second-order valence-electron chi connectivity index (χ2n) is 8.68. The highest BCUT2D eigenvalue weighted by atomic mass is 32.2. The summed E-state index contributed by atoms with van der Waals surface area (Å²) in [6.45, 7) is 0. The van der Waals surface area contributed by atoms with Crippen molar-refractivity contribution in [1.82, 2.24) is 9.97 Å². The number of anilines is 1. The van der Waals surface area contributed by atoms with Gasteiger partial charge in [-0.3, -0.25) is 0 Å². The number of nitrogens with two attached hydrogens (primary N) is 1. The van der Waals surface area contributed by atoms with Gasteiger partial charge in [0.2, 0.25) is 0 Å². The van der Waals surface area contributed by atoms with Crippen LogP contribution in [0.4, 0.5) is 5.13 Å². The van der Waals surface area contributed by atoms with Gasteiger partial charge in [0.1, 0.15) is 11.5 Å². The van der Waals surface area contributed by atoms with E-state index in [-0.39, 0.29) is 11.8 Å². The Kier molecular flexibility index (Phi) is 7.24. The summed E-state index contributed by atoms with van der Waals surface area (Å²) in [5.41, 5.74) is 4.11. The molecule has 0 aliphatic heterocycles. The molecule has 1 aliphatic carbocycles. The molecule has 0 spiro atoms. The van der Waals surface area contributed by atoms with Gasteiger partial charge in [-0.2, -0.15) is 13.6 Å². The molecular weight excluding hydrogens is 517 g/mol. The van der Waals surface area contributed by atoms with E-state index in [1.165, 1.54) is 17.8 Å². The molecule has 188 valence electrons. The Morgan fingerprint density at radius 3 is 2.58 bits per heavy atom. The third-order valence-corrected chi connectivity index (χ3v) is 8.04. The maximum atomic E-state index is 11.2. The largest absolute Gasteiger partial charge is 0.497 e. The molecule has 36 heavy (non-hydrogen) atoms. The average Bonchev–Trinajstić information content (AvgIpc) is 3.41. The lowest BCUT2D eigenvalue weighted by atomic mass is 10.0. The van der Waals surface area contributed by atoms with E-state index in [4.69, 9.17) is 24.0 Å². The van der Waals surface area contributed by atoms with E-state index in [1.807, 2.05) is 30.3 Å². The Morgan fingerprint density at radius 1 is 1.06 bits per heavy atom. The van der Waals surface area contributed by atoms with Crippen LogP contribution >= 0.6 is 22.7 Å². The molecule has 0 amide bonds. The van der Waals surface area contributed by atoms with Crippen LogP contribution in [0.15, 0.2) is 59.3 Å². The molecule has 0 saturated heterocycles. The Labute approximate surface area is 218 Å². The molecule has 2 aromatic heterocycles. The number of hydrogen-bond donors (Lipinski definition) is 2. The summed E-state index contributed by atoms with van der Waals surface area (Å²) in [4.78, 5) is 9.74. The second kappa shape index (κ2) is 10.6. The summed E-state index contributed by atoms with van der Waals surface area (Å²) in [7, 11) is -2.39. The van der Waals surface area contributed by atoms with Gasteiger partial charge in [-0.1, -0.05) is 24.3 Å². The fraction of sp³-hybridized carbons (Fsp3) is 0.280. The summed E-state index contributed by atoms with van der Waals surface area (Å²) in [6.07, 6.45) is 3.77. The first kappa shape index (κ1) is 24.7. The van der Waals surface area contributed by atoms with Crippen molar-refractivity contribution in [2.24, 2.45) is 5.14 Å². The van der Waals surface area contributed by atoms with Crippen LogP contribution in [0.1, 0.15) is 52.3 Å². The lowest BCUT2D eigenvalue weighted by Gasteiger charge is -2.17. The van der Waals surface area contributed by atoms with Gasteiger partial charge in [0, 0.05) is 23.1 Å². The lowest BCUT2D eigenvalue weighted by molar-refractivity contribution is 0.414. The highest BCUT2D eigenvalue weighted by Gasteiger charge is 2.28. The smallest absolute Gasteiger partial charge is 0.380 e. The normalized spacial score (nSPS) is 14.4. The molecule has 1 fully saturated rings. The quantitative estimate of drug-likeness (QED) is 0.272. The topological polar surface area (TPSA) is 116 Å². The van der Waals surface area contributed by atoms with Crippen LogP contribution in [0, 0.1) is 0 Å². The van der Waals surface area contributed by atoms with Crippen LogP contribution in [0.5, 0.6) is 11.5 Å². The summed E-state index contributed by atoms with van der Waals surface area (Å²) < 4.78 is 32.5. The number of hydrogen-bond acceptors (Lipinski definition) is 9. The monoisotopic (exact) mass is 542 g/mol. The maximum absolute atomic E-state index is 11.2. The van der Waals surface area contributed by atoms with Crippen LogP contribution in [0.3, 0.4) is 0 Å². The number of thiazole rings is 2. The molecule has 8 nitrogen and oxygen atoms in total. The number of nitrogens with zero attached hydrogens (tertiary/aromatic N) is 2. The Balaban J connectivity index is 1.33. The molecule has 2 aromatic carbocycles. The average molecular weight is 543 g/mol. The Morgan fingerprint density at radius 2 is 1.86 bits per heavy atom. The molecule has 1 unspecified atom stereocenters. The molecule has 4 aromatic rings. The van der Waals surface area contributed by atoms with Crippen molar-refractivity contribution in [3.63, 3.8) is 0 Å². The summed E-state index contributed by atoms with van der Waals surface area (Å²) >= 11 is 3.28. The van der Waals surface area contributed by atoms with Crippen LogP contribution in [0.2, 0.25) is 0 Å². The highest BCUT2D eigenvalue weighted by Crippen LogP contribution is 2.42. The minimum atomic E-state index is -4.06. The van der Waals surface area contributed by atoms with E-state index < -0.39 is 10.3 Å². The van der Waals surface area contributed by atoms with Crippen molar-refractivity contribution in [3.05, 3.63) is 86.8 Å². The van der Waals surface area contributed by atoms with Gasteiger partial charge < -0.3 is 14.2 Å². The standard InChI is InChI=1S/C25H26N4O4S3/c1-32-21-4-2-3-17(12-21)11-19-14-35-25(27-19)29-22(23-15-34-24(28-23)18-7-8-18)13-16-5-9-20(10-6-16)33-36(26,30)31/h2-6,9-10,12,14-15,18,22H,7-8,11,13H2,1H3,(H,27,29)(H2,26,30,31). The van der Waals surface area contributed by atoms with Gasteiger partial charge in [-0.25, -0.2) is 9.97 Å². The molecule has 5 rings (SSSR count). The summed E-state index contributed by atoms with van der Waals surface area (Å²) in [5.74, 6) is 1.60. The maximum Gasteiger partial charge on any atom is 0.380 e. The molecule has 1 aliphatic rings. The van der Waals surface area contributed by atoms with Gasteiger partial charge in [-0.05, 0) is 54.7 Å². The van der Waals surface area contributed by atoms with Crippen molar-refractivity contribution < 1.29 is 17.3 Å². The van der Waals surface area contributed by atoms with Crippen LogP contribution in [-0.2, 0) is 23.1 Å². The zero-order valence-corrected chi connectivity index (χ0v) is 22.0. The van der Waals surface area contributed by atoms with Crippen LogP contribution in [-0.4, -0.2) is 25.5 Å². The summed E-state index contributed by atoms with van der Waals surface area (Å²) in [6, 6.07) is 14.8. The van der Waals surface area contributed by atoms with Crippen molar-refractivity contribution >= 4 is 38.1 Å². The third kappa shape index (κ3) is 6.61. The molecule has 0 bridgehead atoms. The molecule has 11 heteroatoms. The molecule has 0 radical (unpaired) electrons. The summed E-state index contributed by atoms with van der Waals surface area (Å²) in [5, 5.41) is 14.7. The van der Waals surface area contributed by atoms with E-state index in [2.05, 4.69) is 22.1 Å². The van der Waals surface area contributed by atoms with Gasteiger partial charge in [0.05, 0.1) is 29.5 Å². The number of rotatable bonds is 11. The van der Waals surface area contributed by atoms with E-state index >= 15 is 0 Å². The van der Waals surface area contributed by atoms with E-state index in [0.29, 0.717) is 18.8 Å². The molecule has 3 N–H and O–H groups in total. The second-order valence-corrected chi connectivity index (χ2v) is 11.6. The minimum Gasteiger partial charge on any atom is -0.497 e. The van der Waals surface area contributed by atoms with E-state index in [1.54, 1.807) is 41.9 Å². The number of ether oxygens (including phenoxy) is 1. The minimum absolute atomic E-state index is 0.0884. The lowest BCUT2D eigenvalue weighted by Crippen LogP contribution is -2.19. The highest BCUT2D eigenvalue weighted by molar-refractivity contribution is 7.84. The predicted molar refractivity (Wildman–Crippen MR) is 142 cm³/mol. The fourth-order valence-corrected chi connectivity index (χ4v) is 6.04. The Hall–Kier alpha value is -2.99. The van der Waals surface area contributed by atoms with Crippen molar-refractivity contribution in [2.75, 3.05) is 12.4 Å². The Bertz CT molecular complexity index is 1430. The first-order valence-electron chi connectivity index (χ1n) is 11.4. The fourth-order valence-electron chi connectivity index (χ4n) is 3.85. The zero-order chi connectivity index (χ0) is 25.1. The first-order valence-corrected chi connectivity index (χ1v) is 14.7. The van der Waals surface area contributed by atoms with E-state index in [0.717, 1.165) is 33.4 Å². The van der Waals surface area contributed by atoms with E-state index in [9.17, 15) is 8.42 Å². The van der Waals surface area contributed by atoms with Gasteiger partial charge in [0.15, 0.2) is 5.13 Å². The number of nitrogens with one attached hydrogen (secondary N) is 1. The van der Waals surface area contributed by atoms with Gasteiger partial charge in [-0.15, -0.1) is 22.7 Å². The van der Waals surface area contributed by atoms with Crippen LogP contribution < -0.4 is 19.4 Å². The van der Waals surface area contributed by atoms with Gasteiger partial charge in [0.25, 0.3) is 0 Å². The first-order chi connectivity index (χ1) is 17.3. The number of benzene rings is 2. The van der Waals surface area contributed by atoms with Crippen molar-refractivity contribution in [2.45, 2.75) is 37.6 Å². The van der Waals surface area contributed by atoms with Crippen LogP contribution in [0.25, 0.3) is 0 Å². The number of methoxy groups -OCH3 is 1. The number of aromatic nitrogens is 2.